The van der Waals surface area contributed by atoms with E-state index < -0.39 is 0 Å². The lowest BCUT2D eigenvalue weighted by Crippen LogP contribution is -2.26. The Morgan fingerprint density at radius 3 is 2.96 bits per heavy atom. The molecule has 1 amide bonds. The molecule has 0 saturated heterocycles. The SMILES string of the molecule is CCCn1ccc(C(=O)NCCCn2ncc3ccccc32)n1. The number of hydrogen-bond acceptors (Lipinski definition) is 3. The molecule has 0 spiro atoms. The number of para-hydroxylation sites is 1. The maximum Gasteiger partial charge on any atom is 0.271 e. The summed E-state index contributed by atoms with van der Waals surface area (Å²) in [7, 11) is 0. The molecule has 3 aromatic rings. The van der Waals surface area contributed by atoms with E-state index in [1.165, 1.54) is 0 Å². The highest BCUT2D eigenvalue weighted by Gasteiger charge is 2.08. The molecular formula is C17H21N5O. The van der Waals surface area contributed by atoms with Crippen LogP contribution in [0.5, 0.6) is 0 Å². The van der Waals surface area contributed by atoms with Crippen LogP contribution in [0.4, 0.5) is 0 Å². The fourth-order valence-corrected chi connectivity index (χ4v) is 2.56. The second-order valence-electron chi connectivity index (χ2n) is 5.50. The van der Waals surface area contributed by atoms with Crippen molar-refractivity contribution in [3.8, 4) is 0 Å². The highest BCUT2D eigenvalue weighted by Crippen LogP contribution is 2.12. The molecule has 23 heavy (non-hydrogen) atoms. The molecule has 0 fully saturated rings. The van der Waals surface area contributed by atoms with Crippen LogP contribution in [-0.4, -0.2) is 32.0 Å². The summed E-state index contributed by atoms with van der Waals surface area (Å²) in [6.45, 7) is 4.30. The van der Waals surface area contributed by atoms with Crippen molar-refractivity contribution in [2.75, 3.05) is 6.54 Å². The van der Waals surface area contributed by atoms with Crippen molar-refractivity contribution in [1.82, 2.24) is 24.9 Å². The Kier molecular flexibility index (Phi) is 4.71. The van der Waals surface area contributed by atoms with Crippen molar-refractivity contribution >= 4 is 16.8 Å². The van der Waals surface area contributed by atoms with Gasteiger partial charge in [0, 0.05) is 31.2 Å². The number of hydrogen-bond donors (Lipinski definition) is 1. The van der Waals surface area contributed by atoms with Crippen LogP contribution in [0.25, 0.3) is 10.9 Å². The van der Waals surface area contributed by atoms with Crippen molar-refractivity contribution < 1.29 is 4.79 Å². The van der Waals surface area contributed by atoms with Crippen LogP contribution >= 0.6 is 0 Å². The number of aryl methyl sites for hydroxylation is 2. The molecular weight excluding hydrogens is 290 g/mol. The lowest BCUT2D eigenvalue weighted by atomic mass is 10.2. The summed E-state index contributed by atoms with van der Waals surface area (Å²) < 4.78 is 3.77. The highest BCUT2D eigenvalue weighted by molar-refractivity contribution is 5.92. The van der Waals surface area contributed by atoms with E-state index in [1.807, 2.05) is 35.3 Å². The second-order valence-corrected chi connectivity index (χ2v) is 5.50. The Morgan fingerprint density at radius 2 is 2.09 bits per heavy atom. The minimum absolute atomic E-state index is 0.120. The largest absolute Gasteiger partial charge is 0.351 e. The Hall–Kier alpha value is -2.63. The summed E-state index contributed by atoms with van der Waals surface area (Å²) >= 11 is 0. The van der Waals surface area contributed by atoms with E-state index in [2.05, 4.69) is 28.5 Å². The number of nitrogens with one attached hydrogen (secondary N) is 1. The summed E-state index contributed by atoms with van der Waals surface area (Å²) in [6.07, 6.45) is 5.54. The van der Waals surface area contributed by atoms with E-state index in [1.54, 1.807) is 10.7 Å². The number of carbonyl (C=O) groups is 1. The molecule has 6 nitrogen and oxygen atoms in total. The molecule has 0 aliphatic heterocycles. The zero-order valence-corrected chi connectivity index (χ0v) is 13.3. The number of amides is 1. The summed E-state index contributed by atoms with van der Waals surface area (Å²) in [4.78, 5) is 12.0. The third kappa shape index (κ3) is 3.59. The number of nitrogens with zero attached hydrogens (tertiary/aromatic N) is 4. The van der Waals surface area contributed by atoms with E-state index in [4.69, 9.17) is 0 Å². The van der Waals surface area contributed by atoms with Crippen LogP contribution in [0.1, 0.15) is 30.3 Å². The summed E-state index contributed by atoms with van der Waals surface area (Å²) in [5.74, 6) is -0.120. The maximum atomic E-state index is 12.0. The molecule has 0 aliphatic carbocycles. The molecule has 0 aliphatic rings. The smallest absolute Gasteiger partial charge is 0.271 e. The average molecular weight is 311 g/mol. The minimum atomic E-state index is -0.120. The predicted octanol–water partition coefficient (Wildman–Crippen LogP) is 2.46. The summed E-state index contributed by atoms with van der Waals surface area (Å²) in [5, 5.41) is 12.7. The van der Waals surface area contributed by atoms with Gasteiger partial charge in [0.15, 0.2) is 0 Å². The first-order valence-corrected chi connectivity index (χ1v) is 8.00. The van der Waals surface area contributed by atoms with Gasteiger partial charge in [0.1, 0.15) is 5.69 Å². The second kappa shape index (κ2) is 7.09. The molecule has 2 heterocycles. The number of rotatable bonds is 7. The summed E-state index contributed by atoms with van der Waals surface area (Å²) in [5.41, 5.74) is 1.60. The first-order chi connectivity index (χ1) is 11.3. The van der Waals surface area contributed by atoms with Crippen LogP contribution in [0.2, 0.25) is 0 Å². The Bertz CT molecular complexity index is 789. The van der Waals surface area contributed by atoms with Crippen LogP contribution in [0.15, 0.2) is 42.7 Å². The molecule has 0 bridgehead atoms. The molecule has 1 N–H and O–H groups in total. The fraction of sp³-hybridized carbons (Fsp3) is 0.353. The van der Waals surface area contributed by atoms with Gasteiger partial charge in [0.05, 0.1) is 11.7 Å². The van der Waals surface area contributed by atoms with E-state index in [0.29, 0.717) is 12.2 Å². The average Bonchev–Trinajstić information content (AvgIpc) is 3.19. The van der Waals surface area contributed by atoms with Crippen LogP contribution in [0, 0.1) is 0 Å². The number of benzene rings is 1. The quantitative estimate of drug-likeness (QED) is 0.682. The van der Waals surface area contributed by atoms with Gasteiger partial charge in [0.2, 0.25) is 0 Å². The third-order valence-corrected chi connectivity index (χ3v) is 3.71. The van der Waals surface area contributed by atoms with Gasteiger partial charge in [-0.25, -0.2) is 0 Å². The molecule has 120 valence electrons. The van der Waals surface area contributed by atoms with Crippen molar-refractivity contribution in [1.29, 1.82) is 0 Å². The molecule has 1 aromatic carbocycles. The molecule has 2 aromatic heterocycles. The number of fused-ring (bicyclic) bond motifs is 1. The number of carbonyl (C=O) groups excluding carboxylic acids is 1. The number of aromatic nitrogens is 4. The van der Waals surface area contributed by atoms with Gasteiger partial charge in [-0.1, -0.05) is 25.1 Å². The molecule has 0 unspecified atom stereocenters. The third-order valence-electron chi connectivity index (χ3n) is 3.71. The monoisotopic (exact) mass is 311 g/mol. The van der Waals surface area contributed by atoms with Gasteiger partial charge in [0.25, 0.3) is 5.91 Å². The standard InChI is InChI=1S/C17H21N5O/c1-2-10-21-12-8-15(20-21)17(23)18-9-5-11-22-16-7-4-3-6-14(16)13-19-22/h3-4,6-8,12-13H,2,5,9-11H2,1H3,(H,18,23). The van der Waals surface area contributed by atoms with Crippen molar-refractivity contribution in [3.63, 3.8) is 0 Å². The lowest BCUT2D eigenvalue weighted by molar-refractivity contribution is 0.0946. The fourth-order valence-electron chi connectivity index (χ4n) is 2.56. The van der Waals surface area contributed by atoms with Crippen molar-refractivity contribution in [2.45, 2.75) is 32.9 Å². The van der Waals surface area contributed by atoms with E-state index in [9.17, 15) is 4.79 Å². The van der Waals surface area contributed by atoms with Crippen LogP contribution in [-0.2, 0) is 13.1 Å². The predicted molar refractivity (Wildman–Crippen MR) is 89.2 cm³/mol. The Morgan fingerprint density at radius 1 is 1.22 bits per heavy atom. The Balaban J connectivity index is 1.48. The lowest BCUT2D eigenvalue weighted by Gasteiger charge is -2.05. The minimum Gasteiger partial charge on any atom is -0.351 e. The highest BCUT2D eigenvalue weighted by atomic mass is 16.1. The van der Waals surface area contributed by atoms with E-state index >= 15 is 0 Å². The summed E-state index contributed by atoms with van der Waals surface area (Å²) in [6, 6.07) is 9.88. The zero-order chi connectivity index (χ0) is 16.1. The first-order valence-electron chi connectivity index (χ1n) is 8.00. The van der Waals surface area contributed by atoms with Gasteiger partial charge in [-0.2, -0.15) is 10.2 Å². The van der Waals surface area contributed by atoms with Gasteiger partial charge < -0.3 is 5.32 Å². The topological polar surface area (TPSA) is 64.7 Å². The Labute approximate surface area is 135 Å². The molecule has 3 rings (SSSR count). The van der Waals surface area contributed by atoms with Gasteiger partial charge >= 0.3 is 0 Å². The van der Waals surface area contributed by atoms with Gasteiger partial charge in [-0.05, 0) is 25.0 Å². The molecule has 0 saturated carbocycles. The van der Waals surface area contributed by atoms with Crippen molar-refractivity contribution in [3.05, 3.63) is 48.4 Å². The van der Waals surface area contributed by atoms with Crippen molar-refractivity contribution in [2.24, 2.45) is 0 Å². The van der Waals surface area contributed by atoms with E-state index in [-0.39, 0.29) is 5.91 Å². The molecule has 6 heteroatoms. The maximum absolute atomic E-state index is 12.0. The molecule has 0 radical (unpaired) electrons. The first kappa shape index (κ1) is 15.3. The van der Waals surface area contributed by atoms with Crippen LogP contribution in [0.3, 0.4) is 0 Å². The van der Waals surface area contributed by atoms with Gasteiger partial charge in [-0.3, -0.25) is 14.2 Å². The zero-order valence-electron chi connectivity index (χ0n) is 13.3. The van der Waals surface area contributed by atoms with Crippen LogP contribution < -0.4 is 5.32 Å². The normalized spacial score (nSPS) is 11.0. The molecule has 0 atom stereocenters. The van der Waals surface area contributed by atoms with Gasteiger partial charge in [-0.15, -0.1) is 0 Å². The van der Waals surface area contributed by atoms with E-state index in [0.717, 1.165) is 36.8 Å².